The minimum atomic E-state index is -0.126. The number of hydrogen-bond acceptors (Lipinski definition) is 5. The summed E-state index contributed by atoms with van der Waals surface area (Å²) in [6, 6.07) is 5.37. The van der Waals surface area contributed by atoms with Crippen molar-refractivity contribution in [3.05, 3.63) is 58.0 Å². The zero-order valence-electron chi connectivity index (χ0n) is 14.8. The maximum absolute atomic E-state index is 12.2. The first-order valence-corrected chi connectivity index (χ1v) is 8.48. The second-order valence-corrected chi connectivity index (χ2v) is 6.07. The fraction of sp³-hybridized carbons (Fsp3) is 0.389. The third-order valence-electron chi connectivity index (χ3n) is 4.14. The van der Waals surface area contributed by atoms with Crippen molar-refractivity contribution in [2.75, 3.05) is 0 Å². The van der Waals surface area contributed by atoms with Crippen LogP contribution in [0.4, 0.5) is 0 Å². The zero-order chi connectivity index (χ0) is 17.8. The average Bonchev–Trinajstić information content (AvgIpc) is 3.01. The molecule has 130 valence electrons. The van der Waals surface area contributed by atoms with Gasteiger partial charge in [0.25, 0.3) is 5.56 Å². The van der Waals surface area contributed by atoms with Gasteiger partial charge in [-0.2, -0.15) is 10.2 Å². The number of nitrogens with zero attached hydrogens (tertiary/aromatic N) is 6. The van der Waals surface area contributed by atoms with Crippen LogP contribution in [0.3, 0.4) is 0 Å². The van der Waals surface area contributed by atoms with Crippen LogP contribution in [-0.4, -0.2) is 29.5 Å². The zero-order valence-corrected chi connectivity index (χ0v) is 14.8. The van der Waals surface area contributed by atoms with Gasteiger partial charge in [0.15, 0.2) is 5.82 Å². The molecule has 25 heavy (non-hydrogen) atoms. The lowest BCUT2D eigenvalue weighted by atomic mass is 10.2. The lowest BCUT2D eigenvalue weighted by Gasteiger charge is -2.08. The molecule has 0 aliphatic heterocycles. The Morgan fingerprint density at radius 1 is 1.08 bits per heavy atom. The van der Waals surface area contributed by atoms with Crippen LogP contribution >= 0.6 is 0 Å². The third kappa shape index (κ3) is 3.81. The van der Waals surface area contributed by atoms with Crippen LogP contribution < -0.4 is 5.56 Å². The highest BCUT2D eigenvalue weighted by atomic mass is 16.1. The van der Waals surface area contributed by atoms with E-state index in [0.717, 1.165) is 42.0 Å². The summed E-state index contributed by atoms with van der Waals surface area (Å²) in [6.07, 6.45) is 5.50. The Bertz CT molecular complexity index is 913. The fourth-order valence-electron chi connectivity index (χ4n) is 2.52. The lowest BCUT2D eigenvalue weighted by molar-refractivity contribution is 0.512. The minimum absolute atomic E-state index is 0.126. The number of pyridine rings is 1. The maximum Gasteiger partial charge on any atom is 0.267 e. The normalized spacial score (nSPS) is 11.0. The van der Waals surface area contributed by atoms with Gasteiger partial charge < -0.3 is 0 Å². The van der Waals surface area contributed by atoms with Gasteiger partial charge in [0.1, 0.15) is 12.4 Å². The molecule has 3 rings (SSSR count). The lowest BCUT2D eigenvalue weighted by Crippen LogP contribution is -2.26. The molecule has 0 saturated carbocycles. The quantitative estimate of drug-likeness (QED) is 0.689. The summed E-state index contributed by atoms with van der Waals surface area (Å²) in [5.74, 6) is 1.38. The fourth-order valence-corrected chi connectivity index (χ4v) is 2.52. The first-order chi connectivity index (χ1) is 12.1. The van der Waals surface area contributed by atoms with Crippen LogP contribution in [0.15, 0.2) is 35.4 Å². The minimum Gasteiger partial charge on any atom is -0.268 e. The summed E-state index contributed by atoms with van der Waals surface area (Å²) in [5, 5.41) is 9.00. The van der Waals surface area contributed by atoms with E-state index in [2.05, 4.69) is 27.1 Å². The monoisotopic (exact) mass is 338 g/mol. The van der Waals surface area contributed by atoms with E-state index in [4.69, 9.17) is 0 Å². The number of unbranched alkanes of at least 4 members (excludes halogenated alkanes) is 1. The largest absolute Gasteiger partial charge is 0.268 e. The summed E-state index contributed by atoms with van der Waals surface area (Å²) >= 11 is 0. The molecule has 0 atom stereocenters. The molecule has 0 saturated heterocycles. The Morgan fingerprint density at radius 3 is 2.56 bits per heavy atom. The topological polar surface area (TPSA) is 78.5 Å². The summed E-state index contributed by atoms with van der Waals surface area (Å²) < 4.78 is 3.33. The van der Waals surface area contributed by atoms with Crippen LogP contribution in [0.2, 0.25) is 0 Å². The van der Waals surface area contributed by atoms with Crippen LogP contribution in [0.5, 0.6) is 0 Å². The van der Waals surface area contributed by atoms with Gasteiger partial charge in [-0.1, -0.05) is 13.3 Å². The molecule has 0 unspecified atom stereocenters. The van der Waals surface area contributed by atoms with Gasteiger partial charge in [0, 0.05) is 30.6 Å². The van der Waals surface area contributed by atoms with Crippen molar-refractivity contribution >= 4 is 0 Å². The average molecular weight is 338 g/mol. The number of aryl methyl sites for hydroxylation is 3. The smallest absolute Gasteiger partial charge is 0.267 e. The Kier molecular flexibility index (Phi) is 5.02. The molecule has 0 aromatic carbocycles. The molecule has 0 fully saturated rings. The molecule has 0 amide bonds. The Morgan fingerprint density at radius 2 is 1.84 bits per heavy atom. The summed E-state index contributed by atoms with van der Waals surface area (Å²) in [6.45, 7) is 7.00. The highest BCUT2D eigenvalue weighted by Gasteiger charge is 2.13. The van der Waals surface area contributed by atoms with Crippen LogP contribution in [0, 0.1) is 13.8 Å². The van der Waals surface area contributed by atoms with E-state index in [9.17, 15) is 4.79 Å². The van der Waals surface area contributed by atoms with Gasteiger partial charge in [-0.25, -0.2) is 14.3 Å². The van der Waals surface area contributed by atoms with Crippen molar-refractivity contribution in [1.29, 1.82) is 0 Å². The number of aromatic nitrogens is 6. The third-order valence-corrected chi connectivity index (χ3v) is 4.14. The summed E-state index contributed by atoms with van der Waals surface area (Å²) in [7, 11) is 0. The van der Waals surface area contributed by atoms with E-state index in [1.54, 1.807) is 18.5 Å². The molecule has 0 aliphatic rings. The standard InChI is InChI=1S/C18H22N6O/c1-4-5-10-23-16(12-24-17(25)11-13(2)14(3)21-24)20-18(22-23)15-6-8-19-9-7-15/h6-9,11H,4-5,10,12H2,1-3H3. The van der Waals surface area contributed by atoms with E-state index in [1.807, 2.05) is 30.7 Å². The molecule has 0 bridgehead atoms. The van der Waals surface area contributed by atoms with Gasteiger partial charge in [-0.3, -0.25) is 9.78 Å². The molecular weight excluding hydrogens is 316 g/mol. The first-order valence-electron chi connectivity index (χ1n) is 8.48. The van der Waals surface area contributed by atoms with Crippen LogP contribution in [0.25, 0.3) is 11.4 Å². The van der Waals surface area contributed by atoms with Gasteiger partial charge in [-0.05, 0) is 38.0 Å². The Hall–Kier alpha value is -2.83. The molecule has 7 nitrogen and oxygen atoms in total. The van der Waals surface area contributed by atoms with Gasteiger partial charge in [0.2, 0.25) is 0 Å². The number of hydrogen-bond donors (Lipinski definition) is 0. The van der Waals surface area contributed by atoms with Crippen molar-refractivity contribution in [3.63, 3.8) is 0 Å². The second-order valence-electron chi connectivity index (χ2n) is 6.07. The molecular formula is C18H22N6O. The molecule has 3 aromatic rings. The van der Waals surface area contributed by atoms with Crippen molar-refractivity contribution in [3.8, 4) is 11.4 Å². The Balaban J connectivity index is 1.98. The van der Waals surface area contributed by atoms with Gasteiger partial charge in [0.05, 0.1) is 5.69 Å². The Labute approximate surface area is 146 Å². The van der Waals surface area contributed by atoms with E-state index in [-0.39, 0.29) is 5.56 Å². The molecule has 0 N–H and O–H groups in total. The van der Waals surface area contributed by atoms with E-state index >= 15 is 0 Å². The highest BCUT2D eigenvalue weighted by Crippen LogP contribution is 2.15. The number of rotatable bonds is 6. The van der Waals surface area contributed by atoms with Crippen molar-refractivity contribution in [2.24, 2.45) is 0 Å². The van der Waals surface area contributed by atoms with E-state index < -0.39 is 0 Å². The van der Waals surface area contributed by atoms with Crippen molar-refractivity contribution < 1.29 is 0 Å². The highest BCUT2D eigenvalue weighted by molar-refractivity contribution is 5.53. The second kappa shape index (κ2) is 7.38. The molecule has 0 spiro atoms. The van der Waals surface area contributed by atoms with Crippen LogP contribution in [0.1, 0.15) is 36.8 Å². The molecule has 0 aliphatic carbocycles. The van der Waals surface area contributed by atoms with E-state index in [0.29, 0.717) is 12.4 Å². The SMILES string of the molecule is CCCCn1nc(-c2ccncc2)nc1Cn1nc(C)c(C)cc1=O. The van der Waals surface area contributed by atoms with Crippen molar-refractivity contribution in [2.45, 2.75) is 46.7 Å². The van der Waals surface area contributed by atoms with Gasteiger partial charge in [-0.15, -0.1) is 0 Å². The maximum atomic E-state index is 12.2. The van der Waals surface area contributed by atoms with Crippen molar-refractivity contribution in [1.82, 2.24) is 29.5 Å². The van der Waals surface area contributed by atoms with Gasteiger partial charge >= 0.3 is 0 Å². The molecule has 0 radical (unpaired) electrons. The van der Waals surface area contributed by atoms with Crippen LogP contribution in [-0.2, 0) is 13.1 Å². The van der Waals surface area contributed by atoms with E-state index in [1.165, 1.54) is 4.68 Å². The summed E-state index contributed by atoms with van der Waals surface area (Å²) in [5.41, 5.74) is 2.52. The summed E-state index contributed by atoms with van der Waals surface area (Å²) in [4.78, 5) is 20.9. The molecule has 3 heterocycles. The first kappa shape index (κ1) is 17.0. The predicted molar refractivity (Wildman–Crippen MR) is 95.2 cm³/mol. The molecule has 7 heteroatoms. The predicted octanol–water partition coefficient (Wildman–Crippen LogP) is 2.36. The molecule has 3 aromatic heterocycles.